The van der Waals surface area contributed by atoms with Gasteiger partial charge in [-0.05, 0) is 11.6 Å². The number of dihydropyridines is 1. The van der Waals surface area contributed by atoms with Crippen LogP contribution in [0.4, 0.5) is 0 Å². The van der Waals surface area contributed by atoms with Crippen LogP contribution in [0.1, 0.15) is 0 Å². The predicted molar refractivity (Wildman–Crippen MR) is 70.0 cm³/mol. The average Bonchev–Trinajstić information content (AvgIpc) is 2.41. The standard InChI is InChI=1S/C13H9ClN2O3/c14-12-8-5-7-3-1-2-4-9(7)15-13(8)10(16(18)19)6-11(12)17/h1-6,9,12,15H. The zero-order valence-electron chi connectivity index (χ0n) is 9.67. The van der Waals surface area contributed by atoms with E-state index in [4.69, 9.17) is 11.6 Å². The first-order chi connectivity index (χ1) is 9.08. The summed E-state index contributed by atoms with van der Waals surface area (Å²) in [6.45, 7) is 0. The van der Waals surface area contributed by atoms with Crippen LogP contribution >= 0.6 is 11.6 Å². The van der Waals surface area contributed by atoms with Gasteiger partial charge in [-0.15, -0.1) is 11.6 Å². The van der Waals surface area contributed by atoms with E-state index in [-0.39, 0.29) is 11.7 Å². The molecule has 0 spiro atoms. The van der Waals surface area contributed by atoms with Gasteiger partial charge in [-0.25, -0.2) is 0 Å². The van der Waals surface area contributed by atoms with E-state index in [1.54, 1.807) is 6.08 Å². The fraction of sp³-hybridized carbons (Fsp3) is 0.154. The van der Waals surface area contributed by atoms with E-state index in [9.17, 15) is 14.9 Å². The van der Waals surface area contributed by atoms with Crippen molar-refractivity contribution in [2.75, 3.05) is 0 Å². The van der Waals surface area contributed by atoms with Gasteiger partial charge in [0.25, 0.3) is 5.70 Å². The van der Waals surface area contributed by atoms with Crippen molar-refractivity contribution in [3.63, 3.8) is 0 Å². The highest BCUT2D eigenvalue weighted by Gasteiger charge is 2.37. The maximum Gasteiger partial charge on any atom is 0.296 e. The number of hydrogen-bond donors (Lipinski definition) is 1. The van der Waals surface area contributed by atoms with Gasteiger partial charge in [-0.3, -0.25) is 14.9 Å². The molecule has 0 aromatic heterocycles. The van der Waals surface area contributed by atoms with Gasteiger partial charge in [0, 0.05) is 5.57 Å². The van der Waals surface area contributed by atoms with Crippen molar-refractivity contribution in [3.05, 3.63) is 69.1 Å². The number of halogens is 1. The van der Waals surface area contributed by atoms with Gasteiger partial charge in [-0.1, -0.05) is 24.3 Å². The van der Waals surface area contributed by atoms with Crippen molar-refractivity contribution in [1.29, 1.82) is 0 Å². The molecule has 6 heteroatoms. The molecule has 0 saturated heterocycles. The Morgan fingerprint density at radius 3 is 2.84 bits per heavy atom. The highest BCUT2D eigenvalue weighted by Crippen LogP contribution is 2.33. The van der Waals surface area contributed by atoms with Crippen LogP contribution in [0.3, 0.4) is 0 Å². The Labute approximate surface area is 113 Å². The molecule has 0 fully saturated rings. The molecule has 5 nitrogen and oxygen atoms in total. The number of alkyl halides is 1. The largest absolute Gasteiger partial charge is 0.369 e. The molecule has 19 heavy (non-hydrogen) atoms. The lowest BCUT2D eigenvalue weighted by molar-refractivity contribution is -0.421. The first kappa shape index (κ1) is 11.9. The van der Waals surface area contributed by atoms with Gasteiger partial charge in [0.1, 0.15) is 11.1 Å². The van der Waals surface area contributed by atoms with E-state index in [0.717, 1.165) is 11.6 Å². The maximum atomic E-state index is 11.7. The monoisotopic (exact) mass is 276 g/mol. The molecule has 3 aliphatic rings. The van der Waals surface area contributed by atoms with E-state index in [2.05, 4.69) is 5.32 Å². The lowest BCUT2D eigenvalue weighted by Crippen LogP contribution is -2.39. The maximum absolute atomic E-state index is 11.7. The van der Waals surface area contributed by atoms with Gasteiger partial charge in [0.05, 0.1) is 17.0 Å². The molecule has 2 aliphatic carbocycles. The highest BCUT2D eigenvalue weighted by atomic mass is 35.5. The van der Waals surface area contributed by atoms with Gasteiger partial charge in [0.15, 0.2) is 5.78 Å². The topological polar surface area (TPSA) is 72.2 Å². The van der Waals surface area contributed by atoms with Gasteiger partial charge < -0.3 is 5.32 Å². The predicted octanol–water partition coefficient (Wildman–Crippen LogP) is 1.62. The second-order valence-electron chi connectivity index (χ2n) is 4.39. The average molecular weight is 277 g/mol. The summed E-state index contributed by atoms with van der Waals surface area (Å²) in [6, 6.07) is -0.121. The molecule has 1 aliphatic heterocycles. The van der Waals surface area contributed by atoms with Crippen molar-refractivity contribution in [1.82, 2.24) is 5.32 Å². The summed E-state index contributed by atoms with van der Waals surface area (Å²) in [7, 11) is 0. The summed E-state index contributed by atoms with van der Waals surface area (Å²) in [4.78, 5) is 22.2. The lowest BCUT2D eigenvalue weighted by Gasteiger charge is -2.30. The summed E-state index contributed by atoms with van der Waals surface area (Å²) in [5.41, 5.74) is 1.50. The van der Waals surface area contributed by atoms with Crippen LogP contribution < -0.4 is 5.32 Å². The second-order valence-corrected chi connectivity index (χ2v) is 4.83. The van der Waals surface area contributed by atoms with Gasteiger partial charge >= 0.3 is 0 Å². The SMILES string of the molecule is O=C1C=C([N+](=O)[O-])C2=C(C=C3C=CC=CC3N2)C1Cl. The Hall–Kier alpha value is -2.14. The van der Waals surface area contributed by atoms with E-state index >= 15 is 0 Å². The van der Waals surface area contributed by atoms with Crippen LogP contribution in [-0.4, -0.2) is 22.1 Å². The van der Waals surface area contributed by atoms with Crippen molar-refractivity contribution in [2.24, 2.45) is 0 Å². The molecule has 2 unspecified atom stereocenters. The summed E-state index contributed by atoms with van der Waals surface area (Å²) < 4.78 is 0. The number of rotatable bonds is 1. The Bertz CT molecular complexity index is 640. The van der Waals surface area contributed by atoms with E-state index in [1.807, 2.05) is 24.3 Å². The van der Waals surface area contributed by atoms with Crippen molar-refractivity contribution in [2.45, 2.75) is 11.4 Å². The highest BCUT2D eigenvalue weighted by molar-refractivity contribution is 6.35. The van der Waals surface area contributed by atoms with E-state index < -0.39 is 16.1 Å². The zero-order chi connectivity index (χ0) is 13.6. The van der Waals surface area contributed by atoms with E-state index in [0.29, 0.717) is 11.3 Å². The molecule has 1 heterocycles. The lowest BCUT2D eigenvalue weighted by atomic mass is 9.88. The number of ketones is 1. The molecular formula is C13H9ClN2O3. The molecule has 0 saturated carbocycles. The Morgan fingerprint density at radius 2 is 2.11 bits per heavy atom. The normalized spacial score (nSPS) is 28.2. The molecule has 0 bridgehead atoms. The number of fused-ring (bicyclic) bond motifs is 1. The van der Waals surface area contributed by atoms with Gasteiger partial charge in [-0.2, -0.15) is 0 Å². The summed E-state index contributed by atoms with van der Waals surface area (Å²) in [5.74, 6) is -0.459. The zero-order valence-corrected chi connectivity index (χ0v) is 10.4. The third-order valence-corrected chi connectivity index (χ3v) is 3.68. The number of allylic oxidation sites excluding steroid dienone is 5. The summed E-state index contributed by atoms with van der Waals surface area (Å²) in [5, 5.41) is 13.2. The van der Waals surface area contributed by atoms with Gasteiger partial charge in [0.2, 0.25) is 0 Å². The molecule has 3 rings (SSSR count). The number of nitrogens with zero attached hydrogens (tertiary/aromatic N) is 1. The molecule has 1 N–H and O–H groups in total. The fourth-order valence-corrected chi connectivity index (χ4v) is 2.55. The summed E-state index contributed by atoms with van der Waals surface area (Å²) in [6.07, 6.45) is 10.3. The first-order valence-electron chi connectivity index (χ1n) is 5.69. The third-order valence-electron chi connectivity index (χ3n) is 3.23. The molecular weight excluding hydrogens is 268 g/mol. The number of nitro groups is 1. The Kier molecular flexibility index (Phi) is 2.64. The third kappa shape index (κ3) is 1.82. The summed E-state index contributed by atoms with van der Waals surface area (Å²) >= 11 is 6.04. The van der Waals surface area contributed by atoms with Crippen LogP contribution in [0.2, 0.25) is 0 Å². The number of carbonyl (C=O) groups is 1. The van der Waals surface area contributed by atoms with Crippen molar-refractivity contribution >= 4 is 17.4 Å². The molecule has 0 radical (unpaired) electrons. The van der Waals surface area contributed by atoms with Crippen LogP contribution in [0.25, 0.3) is 0 Å². The first-order valence-corrected chi connectivity index (χ1v) is 6.13. The smallest absolute Gasteiger partial charge is 0.296 e. The Balaban J connectivity index is 2.13. The minimum Gasteiger partial charge on any atom is -0.369 e. The molecule has 96 valence electrons. The minimum atomic E-state index is -0.876. The van der Waals surface area contributed by atoms with Crippen molar-refractivity contribution in [3.8, 4) is 0 Å². The van der Waals surface area contributed by atoms with Crippen LogP contribution in [0, 0.1) is 10.1 Å². The number of carbonyl (C=O) groups excluding carboxylic acids is 1. The number of hydrogen-bond acceptors (Lipinski definition) is 4. The molecule has 0 amide bonds. The van der Waals surface area contributed by atoms with E-state index in [1.165, 1.54) is 0 Å². The molecule has 0 aromatic rings. The quantitative estimate of drug-likeness (QED) is 0.449. The molecule has 0 aromatic carbocycles. The van der Waals surface area contributed by atoms with Crippen LogP contribution in [0.15, 0.2) is 59.0 Å². The second kappa shape index (κ2) is 4.20. The number of nitrogens with one attached hydrogen (secondary N) is 1. The van der Waals surface area contributed by atoms with Crippen molar-refractivity contribution < 1.29 is 9.72 Å². The molecule has 2 atom stereocenters. The fourth-order valence-electron chi connectivity index (χ4n) is 2.32. The Morgan fingerprint density at radius 1 is 1.32 bits per heavy atom. The minimum absolute atomic E-state index is 0.121. The van der Waals surface area contributed by atoms with Crippen LogP contribution in [0.5, 0.6) is 0 Å². The van der Waals surface area contributed by atoms with Crippen LogP contribution in [-0.2, 0) is 4.79 Å².